The summed E-state index contributed by atoms with van der Waals surface area (Å²) >= 11 is 0. The molecule has 1 aromatic heterocycles. The first-order chi connectivity index (χ1) is 14.3. The Bertz CT molecular complexity index is 1160. The summed E-state index contributed by atoms with van der Waals surface area (Å²) in [6.07, 6.45) is 2.07. The van der Waals surface area contributed by atoms with E-state index in [9.17, 15) is 8.42 Å². The number of aryl methyl sites for hydroxylation is 1. The number of benzene rings is 2. The number of aromatic nitrogens is 1. The second-order valence-electron chi connectivity index (χ2n) is 6.40. The molecule has 0 radical (unpaired) electrons. The van der Waals surface area contributed by atoms with Crippen molar-refractivity contribution in [2.75, 3.05) is 13.2 Å². The minimum atomic E-state index is -4.09. The van der Waals surface area contributed by atoms with Crippen molar-refractivity contribution in [1.82, 2.24) is 4.98 Å². The highest BCUT2D eigenvalue weighted by atomic mass is 35.5. The fourth-order valence-corrected chi connectivity index (χ4v) is 3.82. The maximum absolute atomic E-state index is 12.9. The predicted molar refractivity (Wildman–Crippen MR) is 120 cm³/mol. The first kappa shape index (κ1) is 24.0. The number of guanidine groups is 1. The Kier molecular flexibility index (Phi) is 8.29. The van der Waals surface area contributed by atoms with E-state index in [0.29, 0.717) is 29.7 Å². The van der Waals surface area contributed by atoms with Crippen LogP contribution in [0.5, 0.6) is 11.5 Å². The molecular formula is C20H23ClN4O5S. The number of nitrogens with two attached hydrogens (primary N) is 2. The van der Waals surface area contributed by atoms with Crippen molar-refractivity contribution >= 4 is 39.4 Å². The van der Waals surface area contributed by atoms with Gasteiger partial charge in [-0.05, 0) is 41.9 Å². The van der Waals surface area contributed by atoms with Gasteiger partial charge in [0.25, 0.3) is 0 Å². The van der Waals surface area contributed by atoms with Crippen molar-refractivity contribution in [2.45, 2.75) is 18.2 Å². The van der Waals surface area contributed by atoms with E-state index in [1.165, 1.54) is 18.3 Å². The van der Waals surface area contributed by atoms with Crippen molar-refractivity contribution in [1.29, 1.82) is 0 Å². The molecule has 0 unspecified atom stereocenters. The van der Waals surface area contributed by atoms with E-state index in [-0.39, 0.29) is 35.6 Å². The summed E-state index contributed by atoms with van der Waals surface area (Å²) in [4.78, 5) is 9.06. The molecule has 0 aliphatic heterocycles. The molecule has 1 heterocycles. The van der Waals surface area contributed by atoms with Crippen LogP contribution in [0.25, 0.3) is 10.9 Å². The van der Waals surface area contributed by atoms with E-state index in [0.717, 1.165) is 5.56 Å². The van der Waals surface area contributed by atoms with Crippen LogP contribution in [-0.2, 0) is 15.0 Å². The first-order valence-electron chi connectivity index (χ1n) is 9.09. The van der Waals surface area contributed by atoms with E-state index in [2.05, 4.69) is 10.1 Å². The lowest BCUT2D eigenvalue weighted by atomic mass is 10.2. The molecule has 31 heavy (non-hydrogen) atoms. The largest absolute Gasteiger partial charge is 0.493 e. The van der Waals surface area contributed by atoms with E-state index in [1.807, 2.05) is 6.92 Å². The van der Waals surface area contributed by atoms with Crippen molar-refractivity contribution in [2.24, 2.45) is 16.6 Å². The van der Waals surface area contributed by atoms with Gasteiger partial charge < -0.3 is 25.2 Å². The zero-order valence-corrected chi connectivity index (χ0v) is 18.4. The molecule has 0 spiro atoms. The van der Waals surface area contributed by atoms with E-state index in [4.69, 9.17) is 25.2 Å². The lowest BCUT2D eigenvalue weighted by Crippen LogP contribution is -2.23. The third kappa shape index (κ3) is 6.63. The first-order valence-corrected chi connectivity index (χ1v) is 10.5. The lowest BCUT2D eigenvalue weighted by molar-refractivity contribution is 0.127. The minimum absolute atomic E-state index is 0. The van der Waals surface area contributed by atoms with Gasteiger partial charge in [-0.25, -0.2) is 0 Å². The van der Waals surface area contributed by atoms with Gasteiger partial charge in [-0.2, -0.15) is 8.42 Å². The number of hydrogen-bond donors (Lipinski definition) is 2. The van der Waals surface area contributed by atoms with Crippen molar-refractivity contribution in [3.63, 3.8) is 0 Å². The molecule has 0 aliphatic rings. The Morgan fingerprint density at radius 1 is 1.06 bits per heavy atom. The number of ether oxygens (including phenoxy) is 1. The van der Waals surface area contributed by atoms with Crippen molar-refractivity contribution in [3.8, 4) is 11.5 Å². The van der Waals surface area contributed by atoms with Crippen molar-refractivity contribution < 1.29 is 22.2 Å². The normalized spacial score (nSPS) is 10.7. The highest BCUT2D eigenvalue weighted by Gasteiger charge is 2.21. The molecule has 2 aromatic carbocycles. The molecule has 0 aliphatic carbocycles. The van der Waals surface area contributed by atoms with E-state index in [1.54, 1.807) is 36.4 Å². The van der Waals surface area contributed by atoms with Crippen LogP contribution in [0.1, 0.15) is 12.0 Å². The quantitative estimate of drug-likeness (QED) is 0.161. The number of rotatable bonds is 9. The molecule has 3 rings (SSSR count). The van der Waals surface area contributed by atoms with Gasteiger partial charge in [0.2, 0.25) is 5.96 Å². The van der Waals surface area contributed by atoms with Crippen LogP contribution < -0.4 is 20.4 Å². The van der Waals surface area contributed by atoms with Gasteiger partial charge in [-0.1, -0.05) is 18.2 Å². The Balaban J connectivity index is 0.00000341. The third-order valence-corrected chi connectivity index (χ3v) is 5.19. The van der Waals surface area contributed by atoms with Gasteiger partial charge in [0.15, 0.2) is 0 Å². The number of halogens is 1. The minimum Gasteiger partial charge on any atom is -0.493 e. The maximum atomic E-state index is 12.9. The molecule has 0 bridgehead atoms. The van der Waals surface area contributed by atoms with Crippen LogP contribution in [0.3, 0.4) is 0 Å². The van der Waals surface area contributed by atoms with Crippen LogP contribution in [0.15, 0.2) is 64.8 Å². The standard InChI is InChI=1S/C20H22N4O5S.ClH/c1-14-11-16(27-9-4-10-28-24-20(21)22)13-17(12-14)29-30(25,26)18-7-2-5-15-6-3-8-23-19(15)18;/h2-3,5-8,11-13H,4,9-10H2,1H3,(H4,21,22,24);1H. The van der Waals surface area contributed by atoms with Crippen LogP contribution in [0.2, 0.25) is 0 Å². The van der Waals surface area contributed by atoms with Crippen LogP contribution in [0.4, 0.5) is 0 Å². The van der Waals surface area contributed by atoms with Gasteiger partial charge in [0.05, 0.1) is 12.1 Å². The number of para-hydroxylation sites is 1. The Morgan fingerprint density at radius 3 is 2.58 bits per heavy atom. The topological polar surface area (TPSA) is 139 Å². The average molecular weight is 467 g/mol. The molecule has 11 heteroatoms. The molecule has 0 atom stereocenters. The summed E-state index contributed by atoms with van der Waals surface area (Å²) in [5.41, 5.74) is 11.5. The van der Waals surface area contributed by atoms with Crippen LogP contribution in [-0.4, -0.2) is 32.6 Å². The molecule has 0 amide bonds. The van der Waals surface area contributed by atoms with E-state index >= 15 is 0 Å². The molecule has 4 N–H and O–H groups in total. The summed E-state index contributed by atoms with van der Waals surface area (Å²) < 4.78 is 36.8. The Morgan fingerprint density at radius 2 is 1.81 bits per heavy atom. The number of nitrogens with zero attached hydrogens (tertiary/aromatic N) is 2. The Hall–Kier alpha value is -3.24. The second kappa shape index (κ2) is 10.7. The highest BCUT2D eigenvalue weighted by Crippen LogP contribution is 2.28. The number of oxime groups is 1. The molecular weight excluding hydrogens is 444 g/mol. The van der Waals surface area contributed by atoms with E-state index < -0.39 is 10.1 Å². The second-order valence-corrected chi connectivity index (χ2v) is 7.92. The van der Waals surface area contributed by atoms with Crippen molar-refractivity contribution in [3.05, 3.63) is 60.3 Å². The van der Waals surface area contributed by atoms with Gasteiger partial charge in [-0.15, -0.1) is 12.4 Å². The molecule has 166 valence electrons. The monoisotopic (exact) mass is 466 g/mol. The van der Waals surface area contributed by atoms with Gasteiger partial charge in [0, 0.05) is 24.1 Å². The fourth-order valence-electron chi connectivity index (χ4n) is 2.73. The summed E-state index contributed by atoms with van der Waals surface area (Å²) in [5, 5.41) is 4.12. The summed E-state index contributed by atoms with van der Waals surface area (Å²) in [5.74, 6) is 0.465. The highest BCUT2D eigenvalue weighted by molar-refractivity contribution is 7.87. The molecule has 0 fully saturated rings. The predicted octanol–water partition coefficient (Wildman–Crippen LogP) is 2.71. The SMILES string of the molecule is Cc1cc(OCCCON=C(N)N)cc(OS(=O)(=O)c2cccc3cccnc23)c1.Cl. The zero-order chi connectivity index (χ0) is 21.6. The van der Waals surface area contributed by atoms with Crippen LogP contribution >= 0.6 is 12.4 Å². The van der Waals surface area contributed by atoms with Gasteiger partial charge in [0.1, 0.15) is 23.0 Å². The van der Waals surface area contributed by atoms with Crippen LogP contribution in [0, 0.1) is 6.92 Å². The fraction of sp³-hybridized carbons (Fsp3) is 0.200. The summed E-state index contributed by atoms with van der Waals surface area (Å²) in [6, 6.07) is 13.3. The summed E-state index contributed by atoms with van der Waals surface area (Å²) in [6.45, 7) is 2.41. The molecule has 9 nitrogen and oxygen atoms in total. The molecule has 0 saturated carbocycles. The smallest absolute Gasteiger partial charge is 0.341 e. The van der Waals surface area contributed by atoms with Gasteiger partial charge in [-0.3, -0.25) is 4.98 Å². The van der Waals surface area contributed by atoms with Gasteiger partial charge >= 0.3 is 10.1 Å². The number of pyridine rings is 1. The number of fused-ring (bicyclic) bond motifs is 1. The number of hydrogen-bond acceptors (Lipinski definition) is 7. The average Bonchev–Trinajstić information content (AvgIpc) is 2.69. The lowest BCUT2D eigenvalue weighted by Gasteiger charge is -2.12. The summed E-state index contributed by atoms with van der Waals surface area (Å²) in [7, 11) is -4.09. The Labute approximate surface area is 186 Å². The molecule has 3 aromatic rings. The zero-order valence-electron chi connectivity index (χ0n) is 16.7. The maximum Gasteiger partial charge on any atom is 0.341 e. The third-order valence-electron chi connectivity index (χ3n) is 3.91. The molecule has 0 saturated heterocycles.